The highest BCUT2D eigenvalue weighted by Gasteiger charge is 2.34. The SMILES string of the molecule is CC(OCC(F)(F)F)C(=O)N1CCN(S(=O)(=O)c2ccc([N+](=O)[O-])cc2)CC1. The molecule has 0 aromatic heterocycles. The van der Waals surface area contributed by atoms with Gasteiger partial charge < -0.3 is 9.64 Å². The van der Waals surface area contributed by atoms with Crippen molar-refractivity contribution in [1.82, 2.24) is 9.21 Å². The van der Waals surface area contributed by atoms with Crippen molar-refractivity contribution in [3.05, 3.63) is 34.4 Å². The molecule has 1 amide bonds. The summed E-state index contributed by atoms with van der Waals surface area (Å²) in [5, 5.41) is 10.7. The Balaban J connectivity index is 1.96. The van der Waals surface area contributed by atoms with E-state index in [0.29, 0.717) is 0 Å². The molecule has 1 unspecified atom stereocenters. The number of ether oxygens (including phenoxy) is 1. The molecule has 2 rings (SSSR count). The van der Waals surface area contributed by atoms with Crippen LogP contribution in [0.15, 0.2) is 29.2 Å². The van der Waals surface area contributed by atoms with E-state index in [2.05, 4.69) is 4.74 Å². The van der Waals surface area contributed by atoms with E-state index < -0.39 is 39.7 Å². The summed E-state index contributed by atoms with van der Waals surface area (Å²) in [7, 11) is -3.91. The highest BCUT2D eigenvalue weighted by atomic mass is 32.2. The third-order valence-corrected chi connectivity index (χ3v) is 5.99. The Morgan fingerprint density at radius 3 is 2.21 bits per heavy atom. The fraction of sp³-hybridized carbons (Fsp3) is 0.533. The molecule has 1 saturated heterocycles. The molecular weight excluding hydrogens is 407 g/mol. The minimum atomic E-state index is -4.55. The fourth-order valence-corrected chi connectivity index (χ4v) is 4.01. The van der Waals surface area contributed by atoms with Gasteiger partial charge in [0, 0.05) is 38.3 Å². The Labute approximate surface area is 158 Å². The quantitative estimate of drug-likeness (QED) is 0.503. The summed E-state index contributed by atoms with van der Waals surface area (Å²) in [6, 6.07) is 4.40. The van der Waals surface area contributed by atoms with E-state index in [1.807, 2.05) is 0 Å². The number of alkyl halides is 3. The summed E-state index contributed by atoms with van der Waals surface area (Å²) in [5.41, 5.74) is -0.248. The molecule has 1 atom stereocenters. The molecule has 9 nitrogen and oxygen atoms in total. The third kappa shape index (κ3) is 5.39. The second-order valence-corrected chi connectivity index (χ2v) is 7.99. The molecule has 0 radical (unpaired) electrons. The number of benzene rings is 1. The number of nitro benzene ring substituents is 1. The molecular formula is C15H18F3N3O6S. The van der Waals surface area contributed by atoms with Crippen molar-refractivity contribution >= 4 is 21.6 Å². The van der Waals surface area contributed by atoms with Crippen LogP contribution in [0.2, 0.25) is 0 Å². The summed E-state index contributed by atoms with van der Waals surface area (Å²) in [5.74, 6) is -0.656. The number of nitrogens with zero attached hydrogens (tertiary/aromatic N) is 3. The van der Waals surface area contributed by atoms with E-state index >= 15 is 0 Å². The van der Waals surface area contributed by atoms with Gasteiger partial charge in [0.1, 0.15) is 12.7 Å². The van der Waals surface area contributed by atoms with Gasteiger partial charge in [0.2, 0.25) is 10.0 Å². The number of carbonyl (C=O) groups is 1. The normalized spacial score (nSPS) is 17.4. The van der Waals surface area contributed by atoms with Gasteiger partial charge in [-0.1, -0.05) is 0 Å². The molecule has 0 aliphatic carbocycles. The van der Waals surface area contributed by atoms with Crippen LogP contribution < -0.4 is 0 Å². The van der Waals surface area contributed by atoms with Crippen LogP contribution in [0.3, 0.4) is 0 Å². The lowest BCUT2D eigenvalue weighted by Gasteiger charge is -2.35. The van der Waals surface area contributed by atoms with E-state index in [1.165, 1.54) is 11.8 Å². The van der Waals surface area contributed by atoms with Crippen LogP contribution in [0.25, 0.3) is 0 Å². The number of rotatable bonds is 6. The lowest BCUT2D eigenvalue weighted by molar-refractivity contribution is -0.384. The number of piperazine rings is 1. The topological polar surface area (TPSA) is 110 Å². The zero-order valence-electron chi connectivity index (χ0n) is 14.8. The molecule has 0 N–H and O–H groups in total. The van der Waals surface area contributed by atoms with Gasteiger partial charge in [-0.05, 0) is 19.1 Å². The summed E-state index contributed by atoms with van der Waals surface area (Å²) >= 11 is 0. The van der Waals surface area contributed by atoms with Gasteiger partial charge in [-0.25, -0.2) is 8.42 Å². The molecule has 1 aliphatic rings. The zero-order valence-corrected chi connectivity index (χ0v) is 15.6. The predicted octanol–water partition coefficient (Wildman–Crippen LogP) is 1.40. The summed E-state index contributed by atoms with van der Waals surface area (Å²) in [4.78, 5) is 23.3. The second kappa shape index (κ2) is 8.41. The van der Waals surface area contributed by atoms with Gasteiger partial charge in [-0.3, -0.25) is 14.9 Å². The Kier molecular flexibility index (Phi) is 6.62. The molecule has 0 spiro atoms. The first-order chi connectivity index (χ1) is 12.9. The van der Waals surface area contributed by atoms with Crippen LogP contribution in [-0.2, 0) is 19.6 Å². The lowest BCUT2D eigenvalue weighted by Crippen LogP contribution is -2.52. The van der Waals surface area contributed by atoms with Crippen LogP contribution in [-0.4, -0.2) is 73.5 Å². The summed E-state index contributed by atoms with van der Waals surface area (Å²) in [6.07, 6.45) is -5.86. The minimum absolute atomic E-state index is 0.00916. The second-order valence-electron chi connectivity index (χ2n) is 6.05. The average Bonchev–Trinajstić information content (AvgIpc) is 2.65. The number of carbonyl (C=O) groups excluding carboxylic acids is 1. The summed E-state index contributed by atoms with van der Waals surface area (Å²) < 4.78 is 67.3. The van der Waals surface area contributed by atoms with Crippen molar-refractivity contribution in [3.8, 4) is 0 Å². The predicted molar refractivity (Wildman–Crippen MR) is 89.9 cm³/mol. The number of non-ortho nitro benzene ring substituents is 1. The van der Waals surface area contributed by atoms with Gasteiger partial charge in [0.25, 0.3) is 11.6 Å². The Hall–Kier alpha value is -2.25. The molecule has 13 heteroatoms. The Morgan fingerprint density at radius 1 is 1.21 bits per heavy atom. The van der Waals surface area contributed by atoms with E-state index in [1.54, 1.807) is 0 Å². The largest absolute Gasteiger partial charge is 0.411 e. The monoisotopic (exact) mass is 425 g/mol. The van der Waals surface area contributed by atoms with Crippen LogP contribution in [0, 0.1) is 10.1 Å². The van der Waals surface area contributed by atoms with Gasteiger partial charge in [-0.2, -0.15) is 17.5 Å². The first kappa shape index (κ1) is 22.0. The molecule has 156 valence electrons. The minimum Gasteiger partial charge on any atom is -0.359 e. The van der Waals surface area contributed by atoms with Gasteiger partial charge in [0.15, 0.2) is 0 Å². The van der Waals surface area contributed by atoms with E-state index in [0.717, 1.165) is 28.6 Å². The van der Waals surface area contributed by atoms with E-state index in [9.17, 15) is 36.5 Å². The molecule has 1 aromatic rings. The number of sulfonamides is 1. The molecule has 1 aliphatic heterocycles. The zero-order chi connectivity index (χ0) is 21.1. The van der Waals surface area contributed by atoms with Crippen LogP contribution >= 0.6 is 0 Å². The first-order valence-corrected chi connectivity index (χ1v) is 9.57. The summed E-state index contributed by atoms with van der Waals surface area (Å²) in [6.45, 7) is -0.480. The molecule has 0 saturated carbocycles. The van der Waals surface area contributed by atoms with E-state index in [4.69, 9.17) is 0 Å². The van der Waals surface area contributed by atoms with Crippen molar-refractivity contribution < 1.29 is 36.0 Å². The smallest absolute Gasteiger partial charge is 0.359 e. The van der Waals surface area contributed by atoms with Crippen molar-refractivity contribution in [3.63, 3.8) is 0 Å². The maximum Gasteiger partial charge on any atom is 0.411 e. The van der Waals surface area contributed by atoms with Crippen molar-refractivity contribution in [2.24, 2.45) is 0 Å². The van der Waals surface area contributed by atoms with Crippen molar-refractivity contribution in [1.29, 1.82) is 0 Å². The van der Waals surface area contributed by atoms with Crippen LogP contribution in [0.5, 0.6) is 0 Å². The van der Waals surface area contributed by atoms with Crippen LogP contribution in [0.1, 0.15) is 6.92 Å². The fourth-order valence-electron chi connectivity index (χ4n) is 2.59. The first-order valence-electron chi connectivity index (χ1n) is 8.13. The molecule has 0 bridgehead atoms. The number of halogens is 3. The Bertz CT molecular complexity index is 820. The van der Waals surface area contributed by atoms with E-state index in [-0.39, 0.29) is 36.8 Å². The number of nitro groups is 1. The molecule has 1 heterocycles. The average molecular weight is 425 g/mol. The number of hydrogen-bond acceptors (Lipinski definition) is 6. The maximum absolute atomic E-state index is 12.6. The molecule has 1 fully saturated rings. The number of amides is 1. The van der Waals surface area contributed by atoms with Gasteiger partial charge in [-0.15, -0.1) is 0 Å². The lowest BCUT2D eigenvalue weighted by atomic mass is 10.3. The third-order valence-electron chi connectivity index (χ3n) is 4.08. The highest BCUT2D eigenvalue weighted by molar-refractivity contribution is 7.89. The van der Waals surface area contributed by atoms with Gasteiger partial charge >= 0.3 is 6.18 Å². The highest BCUT2D eigenvalue weighted by Crippen LogP contribution is 2.21. The molecule has 1 aromatic carbocycles. The van der Waals surface area contributed by atoms with Crippen LogP contribution in [0.4, 0.5) is 18.9 Å². The Morgan fingerprint density at radius 2 is 1.75 bits per heavy atom. The molecule has 28 heavy (non-hydrogen) atoms. The van der Waals surface area contributed by atoms with Crippen molar-refractivity contribution in [2.75, 3.05) is 32.8 Å². The standard InChI is InChI=1S/C15H18F3N3O6S/c1-11(27-10-15(16,17)18)14(22)19-6-8-20(9-7-19)28(25,26)13-4-2-12(3-5-13)21(23)24/h2-5,11H,6-10H2,1H3. The van der Waals surface area contributed by atoms with Crippen molar-refractivity contribution in [2.45, 2.75) is 24.1 Å². The number of hydrogen-bond donors (Lipinski definition) is 0. The van der Waals surface area contributed by atoms with Gasteiger partial charge in [0.05, 0.1) is 9.82 Å². The maximum atomic E-state index is 12.6.